The Labute approximate surface area is 207 Å². The summed E-state index contributed by atoms with van der Waals surface area (Å²) < 4.78 is 34.8. The Balaban J connectivity index is 2.01. The number of benzene rings is 2. The van der Waals surface area contributed by atoms with Gasteiger partial charge in [0.05, 0.1) is 31.8 Å². The van der Waals surface area contributed by atoms with E-state index in [9.17, 15) is 13.2 Å². The number of carbonyl (C=O) groups is 1. The molecular weight excluding hydrogens is 505 g/mol. The highest BCUT2D eigenvalue weighted by Gasteiger charge is 2.22. The van der Waals surface area contributed by atoms with Crippen molar-refractivity contribution in [3.05, 3.63) is 56.8 Å². The molecule has 11 heteroatoms. The van der Waals surface area contributed by atoms with Crippen molar-refractivity contribution in [2.24, 2.45) is 4.99 Å². The number of hydrogen-bond donors (Lipinski definition) is 0. The molecule has 0 N–H and O–H groups in total. The molecule has 0 bridgehead atoms. The van der Waals surface area contributed by atoms with Gasteiger partial charge in [-0.25, -0.2) is 8.42 Å². The number of hydrogen-bond acceptors (Lipinski definition) is 5. The number of aromatic nitrogens is 1. The highest BCUT2D eigenvalue weighted by atomic mass is 35.5. The van der Waals surface area contributed by atoms with Crippen LogP contribution in [0.15, 0.2) is 46.3 Å². The Bertz CT molecular complexity index is 1310. The molecule has 2 aromatic carbocycles. The zero-order valence-corrected chi connectivity index (χ0v) is 21.7. The van der Waals surface area contributed by atoms with Crippen molar-refractivity contribution in [1.29, 1.82) is 0 Å². The fourth-order valence-corrected chi connectivity index (χ4v) is 6.33. The maximum Gasteiger partial charge on any atom is 0.279 e. The molecule has 0 unspecified atom stereocenters. The van der Waals surface area contributed by atoms with E-state index in [0.717, 1.165) is 4.70 Å². The van der Waals surface area contributed by atoms with Crippen molar-refractivity contribution < 1.29 is 17.9 Å². The number of fused-ring (bicyclic) bond motifs is 1. The number of rotatable bonds is 9. The lowest BCUT2D eigenvalue weighted by atomic mass is 10.2. The second-order valence-electron chi connectivity index (χ2n) is 6.97. The first kappa shape index (κ1) is 25.9. The van der Waals surface area contributed by atoms with Crippen LogP contribution in [0.25, 0.3) is 10.2 Å². The molecule has 0 aliphatic heterocycles. The first-order chi connectivity index (χ1) is 15.7. The lowest BCUT2D eigenvalue weighted by molar-refractivity contribution is 0.0996. The Morgan fingerprint density at radius 2 is 1.76 bits per heavy atom. The molecule has 178 valence electrons. The second-order valence-corrected chi connectivity index (χ2v) is 10.7. The minimum absolute atomic E-state index is 0.137. The van der Waals surface area contributed by atoms with E-state index in [2.05, 4.69) is 4.99 Å². The van der Waals surface area contributed by atoms with Crippen LogP contribution in [0.3, 0.4) is 0 Å². The van der Waals surface area contributed by atoms with E-state index < -0.39 is 15.9 Å². The summed E-state index contributed by atoms with van der Waals surface area (Å²) in [5, 5.41) is 0.803. The Morgan fingerprint density at radius 3 is 2.36 bits per heavy atom. The molecule has 1 amide bonds. The molecular formula is C22H25Cl2N3O4S2. The van der Waals surface area contributed by atoms with Gasteiger partial charge in [0.15, 0.2) is 4.80 Å². The van der Waals surface area contributed by atoms with E-state index >= 15 is 0 Å². The minimum Gasteiger partial charge on any atom is -0.380 e. The molecule has 3 aromatic rings. The summed E-state index contributed by atoms with van der Waals surface area (Å²) in [5.41, 5.74) is 0.979. The Hall–Kier alpha value is -1.75. The predicted molar refractivity (Wildman–Crippen MR) is 133 cm³/mol. The summed E-state index contributed by atoms with van der Waals surface area (Å²) in [6.45, 7) is 7.63. The molecule has 0 saturated heterocycles. The maximum absolute atomic E-state index is 12.9. The van der Waals surface area contributed by atoms with Gasteiger partial charge in [0.25, 0.3) is 5.91 Å². The molecule has 3 rings (SSSR count). The predicted octanol–water partition coefficient (Wildman–Crippen LogP) is 4.82. The number of carbonyl (C=O) groups excluding carboxylic acids is 1. The van der Waals surface area contributed by atoms with Crippen molar-refractivity contribution in [3.63, 3.8) is 0 Å². The van der Waals surface area contributed by atoms with E-state index in [0.29, 0.717) is 53.2 Å². The lowest BCUT2D eigenvalue weighted by Crippen LogP contribution is -2.30. The van der Waals surface area contributed by atoms with Crippen LogP contribution in [0.2, 0.25) is 10.0 Å². The van der Waals surface area contributed by atoms with Gasteiger partial charge in [-0.15, -0.1) is 0 Å². The average molecular weight is 530 g/mol. The number of ether oxygens (including phenoxy) is 1. The largest absolute Gasteiger partial charge is 0.380 e. The van der Waals surface area contributed by atoms with Gasteiger partial charge in [0, 0.05) is 31.8 Å². The molecule has 0 radical (unpaired) electrons. The zero-order valence-electron chi connectivity index (χ0n) is 18.5. The highest BCUT2D eigenvalue weighted by molar-refractivity contribution is 7.89. The third-order valence-electron chi connectivity index (χ3n) is 5.04. The third-order valence-corrected chi connectivity index (χ3v) is 8.94. The fraction of sp³-hybridized carbons (Fsp3) is 0.364. The summed E-state index contributed by atoms with van der Waals surface area (Å²) in [6, 6.07) is 9.36. The molecule has 0 aliphatic rings. The van der Waals surface area contributed by atoms with Crippen LogP contribution in [-0.4, -0.2) is 49.5 Å². The summed E-state index contributed by atoms with van der Waals surface area (Å²) in [7, 11) is -3.60. The molecule has 7 nitrogen and oxygen atoms in total. The molecule has 0 aliphatic carbocycles. The molecule has 0 saturated carbocycles. The summed E-state index contributed by atoms with van der Waals surface area (Å²) >= 11 is 14.0. The highest BCUT2D eigenvalue weighted by Crippen LogP contribution is 2.32. The summed E-state index contributed by atoms with van der Waals surface area (Å²) in [4.78, 5) is 17.8. The normalized spacial score (nSPS) is 12.7. The van der Waals surface area contributed by atoms with Crippen LogP contribution in [0.1, 0.15) is 31.1 Å². The molecule has 0 spiro atoms. The number of thiazole rings is 1. The van der Waals surface area contributed by atoms with Gasteiger partial charge >= 0.3 is 0 Å². The maximum atomic E-state index is 12.9. The lowest BCUT2D eigenvalue weighted by Gasteiger charge is -2.18. The SMILES string of the molecule is CCOCCn1c(=NC(=O)c2ccc(S(=O)(=O)N(CC)CC)cc2)sc2ccc(Cl)c(Cl)c21. The van der Waals surface area contributed by atoms with Gasteiger partial charge in [-0.3, -0.25) is 4.79 Å². The van der Waals surface area contributed by atoms with Crippen LogP contribution in [-0.2, 0) is 21.3 Å². The van der Waals surface area contributed by atoms with E-state index in [4.69, 9.17) is 27.9 Å². The van der Waals surface area contributed by atoms with E-state index in [1.54, 1.807) is 19.9 Å². The number of amides is 1. The molecule has 1 aromatic heterocycles. The van der Waals surface area contributed by atoms with Gasteiger partial charge in [-0.2, -0.15) is 9.30 Å². The van der Waals surface area contributed by atoms with Gasteiger partial charge < -0.3 is 9.30 Å². The Kier molecular flexibility index (Phi) is 8.71. The fourth-order valence-electron chi connectivity index (χ4n) is 3.33. The summed E-state index contributed by atoms with van der Waals surface area (Å²) in [6.07, 6.45) is 0. The van der Waals surface area contributed by atoms with Gasteiger partial charge in [0.2, 0.25) is 10.0 Å². The standard InChI is InChI=1S/C22H25Cl2N3O4S2/c1-4-26(5-2)33(29,30)16-9-7-15(8-10-16)21(28)25-22-27(13-14-31-6-3)20-18(32-22)12-11-17(23)19(20)24/h7-12H,4-6,13-14H2,1-3H3. The molecule has 1 heterocycles. The minimum atomic E-state index is -3.60. The topological polar surface area (TPSA) is 81.0 Å². The van der Waals surface area contributed by atoms with Crippen LogP contribution >= 0.6 is 34.5 Å². The third kappa shape index (κ3) is 5.50. The second kappa shape index (κ2) is 11.1. The van der Waals surface area contributed by atoms with E-state index in [1.807, 2.05) is 17.6 Å². The zero-order chi connectivity index (χ0) is 24.2. The van der Waals surface area contributed by atoms with Crippen molar-refractivity contribution in [2.75, 3.05) is 26.3 Å². The van der Waals surface area contributed by atoms with E-state index in [-0.39, 0.29) is 10.5 Å². The molecule has 33 heavy (non-hydrogen) atoms. The van der Waals surface area contributed by atoms with Crippen LogP contribution in [0.4, 0.5) is 0 Å². The van der Waals surface area contributed by atoms with Crippen molar-refractivity contribution in [1.82, 2.24) is 8.87 Å². The smallest absolute Gasteiger partial charge is 0.279 e. The first-order valence-corrected chi connectivity index (χ1v) is 13.5. The molecule has 0 atom stereocenters. The van der Waals surface area contributed by atoms with Crippen molar-refractivity contribution >= 4 is 60.7 Å². The van der Waals surface area contributed by atoms with Crippen molar-refractivity contribution in [3.8, 4) is 0 Å². The van der Waals surface area contributed by atoms with Gasteiger partial charge in [-0.05, 0) is 43.3 Å². The Morgan fingerprint density at radius 1 is 1.09 bits per heavy atom. The van der Waals surface area contributed by atoms with Crippen molar-refractivity contribution in [2.45, 2.75) is 32.2 Å². The number of nitrogens with zero attached hydrogens (tertiary/aromatic N) is 3. The van der Waals surface area contributed by atoms with Crippen LogP contribution < -0.4 is 4.80 Å². The average Bonchev–Trinajstić information content (AvgIpc) is 3.15. The van der Waals surface area contributed by atoms with Crippen LogP contribution in [0.5, 0.6) is 0 Å². The van der Waals surface area contributed by atoms with Gasteiger partial charge in [0.1, 0.15) is 0 Å². The number of sulfonamides is 1. The van der Waals surface area contributed by atoms with Crippen LogP contribution in [0, 0.1) is 0 Å². The monoisotopic (exact) mass is 529 g/mol. The molecule has 0 fully saturated rings. The van der Waals surface area contributed by atoms with Gasteiger partial charge in [-0.1, -0.05) is 48.4 Å². The summed E-state index contributed by atoms with van der Waals surface area (Å²) in [5.74, 6) is -0.485. The quantitative estimate of drug-likeness (QED) is 0.372. The van der Waals surface area contributed by atoms with E-state index in [1.165, 1.54) is 39.9 Å². The number of halogens is 2. The first-order valence-electron chi connectivity index (χ1n) is 10.5.